The lowest BCUT2D eigenvalue weighted by Crippen LogP contribution is -2.16. The van der Waals surface area contributed by atoms with Crippen LogP contribution in [0.25, 0.3) is 0 Å². The summed E-state index contributed by atoms with van der Waals surface area (Å²) >= 11 is 3.39. The van der Waals surface area contributed by atoms with Crippen molar-refractivity contribution >= 4 is 23.1 Å². The zero-order chi connectivity index (χ0) is 11.9. The summed E-state index contributed by atoms with van der Waals surface area (Å²) in [6.07, 6.45) is 3.67. The summed E-state index contributed by atoms with van der Waals surface area (Å²) in [5, 5.41) is 12.4. The summed E-state index contributed by atoms with van der Waals surface area (Å²) in [5.41, 5.74) is 1.21. The van der Waals surface area contributed by atoms with Crippen LogP contribution in [0.4, 0.5) is 0 Å². The van der Waals surface area contributed by atoms with E-state index in [2.05, 4.69) is 26.6 Å². The summed E-state index contributed by atoms with van der Waals surface area (Å²) in [6.45, 7) is 3.80. The van der Waals surface area contributed by atoms with Crippen LogP contribution < -0.4 is 5.32 Å². The van der Waals surface area contributed by atoms with Crippen LogP contribution in [0.2, 0.25) is 0 Å². The fraction of sp³-hybridized carbons (Fsp3) is 0.364. The Labute approximate surface area is 109 Å². The quantitative estimate of drug-likeness (QED) is 0.641. The van der Waals surface area contributed by atoms with Gasteiger partial charge in [-0.05, 0) is 18.6 Å². The number of aryl methyl sites for hydroxylation is 1. The minimum Gasteiger partial charge on any atom is -0.312 e. The molecular weight excluding hydrogens is 252 g/mol. The fourth-order valence-electron chi connectivity index (χ4n) is 1.28. The lowest BCUT2D eigenvalue weighted by Gasteiger charge is -2.02. The number of hydrogen-bond acceptors (Lipinski definition) is 6. The van der Waals surface area contributed by atoms with Gasteiger partial charge in [-0.1, -0.05) is 29.2 Å². The van der Waals surface area contributed by atoms with Crippen LogP contribution >= 0.6 is 23.1 Å². The fourth-order valence-corrected chi connectivity index (χ4v) is 3.07. The summed E-state index contributed by atoms with van der Waals surface area (Å²) in [4.78, 5) is 4.07. The lowest BCUT2D eigenvalue weighted by molar-refractivity contribution is 0.729. The molecule has 0 unspecified atom stereocenters. The molecule has 2 rings (SSSR count). The Kier molecular flexibility index (Phi) is 4.90. The molecule has 0 amide bonds. The van der Waals surface area contributed by atoms with E-state index in [-0.39, 0.29) is 0 Å². The second-order valence-corrected chi connectivity index (χ2v) is 6.00. The number of rotatable bonds is 6. The number of pyridine rings is 1. The Morgan fingerprint density at radius 1 is 1.41 bits per heavy atom. The van der Waals surface area contributed by atoms with Crippen LogP contribution in [0.3, 0.4) is 0 Å². The van der Waals surface area contributed by atoms with Crippen molar-refractivity contribution in [1.29, 1.82) is 0 Å². The predicted octanol–water partition coefficient (Wildman–Crippen LogP) is 2.12. The van der Waals surface area contributed by atoms with E-state index in [0.29, 0.717) is 0 Å². The molecule has 0 aromatic carbocycles. The first-order valence-corrected chi connectivity index (χ1v) is 7.17. The molecule has 0 aliphatic rings. The van der Waals surface area contributed by atoms with Crippen molar-refractivity contribution in [2.75, 3.05) is 12.3 Å². The highest BCUT2D eigenvalue weighted by Gasteiger charge is 2.00. The highest BCUT2D eigenvalue weighted by Crippen LogP contribution is 2.20. The standard InChI is InChI=1S/C11H14N4S2/c1-9-14-15-11(17-9)16-6-5-13-8-10-3-2-4-12-7-10/h2-4,7,13H,5-6,8H2,1H3. The third-order valence-electron chi connectivity index (χ3n) is 2.06. The van der Waals surface area contributed by atoms with Gasteiger partial charge in [-0.25, -0.2) is 0 Å². The zero-order valence-electron chi connectivity index (χ0n) is 9.59. The Hall–Kier alpha value is -0.980. The first-order chi connectivity index (χ1) is 8.34. The minimum absolute atomic E-state index is 0.865. The Bertz CT molecular complexity index is 444. The predicted molar refractivity (Wildman–Crippen MR) is 71.3 cm³/mol. The Morgan fingerprint density at radius 3 is 3.06 bits per heavy atom. The molecule has 0 saturated carbocycles. The third kappa shape index (κ3) is 4.41. The maximum Gasteiger partial charge on any atom is 0.174 e. The molecule has 0 radical (unpaired) electrons. The van der Waals surface area contributed by atoms with E-state index >= 15 is 0 Å². The number of hydrogen-bond donors (Lipinski definition) is 1. The van der Waals surface area contributed by atoms with Crippen molar-refractivity contribution in [2.24, 2.45) is 0 Å². The van der Waals surface area contributed by atoms with Crippen molar-refractivity contribution in [3.8, 4) is 0 Å². The summed E-state index contributed by atoms with van der Waals surface area (Å²) in [5.74, 6) is 1.01. The highest BCUT2D eigenvalue weighted by atomic mass is 32.2. The summed E-state index contributed by atoms with van der Waals surface area (Å²) < 4.78 is 1.05. The van der Waals surface area contributed by atoms with Crippen molar-refractivity contribution in [3.63, 3.8) is 0 Å². The number of nitrogens with one attached hydrogen (secondary N) is 1. The van der Waals surface area contributed by atoms with Gasteiger partial charge in [-0.3, -0.25) is 4.98 Å². The second-order valence-electron chi connectivity index (χ2n) is 3.47. The number of aromatic nitrogens is 3. The summed E-state index contributed by atoms with van der Waals surface area (Å²) in [6, 6.07) is 4.02. The molecule has 90 valence electrons. The van der Waals surface area contributed by atoms with E-state index in [1.165, 1.54) is 5.56 Å². The van der Waals surface area contributed by atoms with Gasteiger partial charge in [0.25, 0.3) is 0 Å². The molecule has 0 spiro atoms. The van der Waals surface area contributed by atoms with E-state index in [9.17, 15) is 0 Å². The van der Waals surface area contributed by atoms with Crippen LogP contribution in [0.5, 0.6) is 0 Å². The number of nitrogens with zero attached hydrogens (tertiary/aromatic N) is 3. The summed E-state index contributed by atoms with van der Waals surface area (Å²) in [7, 11) is 0. The van der Waals surface area contributed by atoms with Crippen molar-refractivity contribution in [2.45, 2.75) is 17.8 Å². The molecule has 0 atom stereocenters. The molecule has 0 saturated heterocycles. The molecule has 1 N–H and O–H groups in total. The van der Waals surface area contributed by atoms with Gasteiger partial charge >= 0.3 is 0 Å². The maximum absolute atomic E-state index is 4.07. The molecule has 0 fully saturated rings. The average Bonchev–Trinajstić information content (AvgIpc) is 2.76. The smallest absolute Gasteiger partial charge is 0.174 e. The largest absolute Gasteiger partial charge is 0.312 e. The van der Waals surface area contributed by atoms with Crippen molar-refractivity contribution in [1.82, 2.24) is 20.5 Å². The highest BCUT2D eigenvalue weighted by molar-refractivity contribution is 8.01. The molecule has 0 bridgehead atoms. The van der Waals surface area contributed by atoms with E-state index < -0.39 is 0 Å². The van der Waals surface area contributed by atoms with E-state index in [1.54, 1.807) is 29.3 Å². The van der Waals surface area contributed by atoms with Gasteiger partial charge < -0.3 is 5.32 Å². The maximum atomic E-state index is 4.07. The van der Waals surface area contributed by atoms with Gasteiger partial charge in [-0.2, -0.15) is 0 Å². The molecule has 6 heteroatoms. The van der Waals surface area contributed by atoms with E-state index in [1.807, 2.05) is 19.2 Å². The van der Waals surface area contributed by atoms with E-state index in [0.717, 1.165) is 28.2 Å². The molecule has 0 aliphatic carbocycles. The van der Waals surface area contributed by atoms with Gasteiger partial charge in [0.1, 0.15) is 5.01 Å². The van der Waals surface area contributed by atoms with Crippen LogP contribution in [0.1, 0.15) is 10.6 Å². The minimum atomic E-state index is 0.865. The van der Waals surface area contributed by atoms with Gasteiger partial charge in [0.2, 0.25) is 0 Å². The normalized spacial score (nSPS) is 10.6. The third-order valence-corrected chi connectivity index (χ3v) is 4.04. The Balaban J connectivity index is 1.61. The SMILES string of the molecule is Cc1nnc(SCCNCc2cccnc2)s1. The lowest BCUT2D eigenvalue weighted by atomic mass is 10.3. The monoisotopic (exact) mass is 266 g/mol. The zero-order valence-corrected chi connectivity index (χ0v) is 11.2. The first kappa shape index (κ1) is 12.5. The first-order valence-electron chi connectivity index (χ1n) is 5.37. The van der Waals surface area contributed by atoms with E-state index in [4.69, 9.17) is 0 Å². The topological polar surface area (TPSA) is 50.7 Å². The number of thioether (sulfide) groups is 1. The van der Waals surface area contributed by atoms with Crippen LogP contribution in [-0.4, -0.2) is 27.5 Å². The van der Waals surface area contributed by atoms with Crippen molar-refractivity contribution in [3.05, 3.63) is 35.1 Å². The van der Waals surface area contributed by atoms with Gasteiger partial charge in [0.15, 0.2) is 4.34 Å². The van der Waals surface area contributed by atoms with Crippen molar-refractivity contribution < 1.29 is 0 Å². The molecule has 4 nitrogen and oxygen atoms in total. The van der Waals surface area contributed by atoms with Gasteiger partial charge in [-0.15, -0.1) is 10.2 Å². The molecule has 0 aliphatic heterocycles. The molecule has 2 aromatic heterocycles. The molecule has 17 heavy (non-hydrogen) atoms. The van der Waals surface area contributed by atoms with Gasteiger partial charge in [0, 0.05) is 31.2 Å². The molecular formula is C11H14N4S2. The molecule has 2 heterocycles. The van der Waals surface area contributed by atoms with Crippen LogP contribution in [0, 0.1) is 6.92 Å². The second kappa shape index (κ2) is 6.68. The molecule has 2 aromatic rings. The van der Waals surface area contributed by atoms with Crippen LogP contribution in [0.15, 0.2) is 28.9 Å². The average molecular weight is 266 g/mol. The van der Waals surface area contributed by atoms with Gasteiger partial charge in [0.05, 0.1) is 0 Å². The Morgan fingerprint density at radius 2 is 2.35 bits per heavy atom. The van der Waals surface area contributed by atoms with Crippen LogP contribution in [-0.2, 0) is 6.54 Å².